The molecule has 0 aliphatic carbocycles. The van der Waals surface area contributed by atoms with Gasteiger partial charge in [-0.3, -0.25) is 4.79 Å². The maximum absolute atomic E-state index is 12.9. The van der Waals surface area contributed by atoms with Gasteiger partial charge in [0, 0.05) is 63.7 Å². The van der Waals surface area contributed by atoms with E-state index >= 15 is 0 Å². The molecule has 1 aromatic heterocycles. The molecule has 12 nitrogen and oxygen atoms in total. The summed E-state index contributed by atoms with van der Waals surface area (Å²) in [6.45, 7) is 14.6. The minimum atomic E-state index is -2.57. The van der Waals surface area contributed by atoms with Gasteiger partial charge >= 0.3 is 0 Å². The molecule has 1 amide bonds. The number of carbonyl (C=O) groups excluding carboxylic acids is 1. The van der Waals surface area contributed by atoms with Crippen LogP contribution in [-0.2, 0) is 9.36 Å². The second kappa shape index (κ2) is 14.2. The van der Waals surface area contributed by atoms with Crippen LogP contribution >= 0.6 is 18.7 Å². The number of carbonyl (C=O) groups is 1. The zero-order valence-corrected chi connectivity index (χ0v) is 27.9. The maximum atomic E-state index is 12.9. The van der Waals surface area contributed by atoms with Gasteiger partial charge in [-0.25, -0.2) is 15.0 Å². The Morgan fingerprint density at radius 2 is 1.64 bits per heavy atom. The Morgan fingerprint density at radius 3 is 2.29 bits per heavy atom. The van der Waals surface area contributed by atoms with Crippen molar-refractivity contribution >= 4 is 64.5 Å². The van der Waals surface area contributed by atoms with Gasteiger partial charge in [0.25, 0.3) is 0 Å². The van der Waals surface area contributed by atoms with Gasteiger partial charge in [-0.15, -0.1) is 0 Å². The largest absolute Gasteiger partial charge is 0.494 e. The number of benzene rings is 2. The summed E-state index contributed by atoms with van der Waals surface area (Å²) in [6, 6.07) is 11.1. The van der Waals surface area contributed by atoms with Crippen LogP contribution in [0.2, 0.25) is 5.02 Å². The maximum Gasteiger partial charge on any atom is 0.247 e. The molecule has 0 bridgehead atoms. The molecule has 2 aromatic carbocycles. The van der Waals surface area contributed by atoms with E-state index in [0.717, 1.165) is 58.0 Å². The van der Waals surface area contributed by atoms with Crippen molar-refractivity contribution in [3.63, 3.8) is 0 Å². The average Bonchev–Trinajstić information content (AvgIpc) is 3.03. The summed E-state index contributed by atoms with van der Waals surface area (Å²) in [5.74, 6) is 0.840. The molecule has 2 aliphatic rings. The summed E-state index contributed by atoms with van der Waals surface area (Å²) >= 11 is 6.47. The van der Waals surface area contributed by atoms with Crippen LogP contribution in [0.5, 0.6) is 5.75 Å². The highest BCUT2D eigenvalue weighted by Crippen LogP contribution is 2.40. The Morgan fingerprint density at radius 1 is 0.978 bits per heavy atom. The van der Waals surface area contributed by atoms with E-state index in [2.05, 4.69) is 59.4 Å². The molecule has 0 radical (unpaired) electrons. The second-order valence-corrected chi connectivity index (χ2v) is 15.1. The van der Waals surface area contributed by atoms with Crippen molar-refractivity contribution in [1.82, 2.24) is 24.9 Å². The van der Waals surface area contributed by atoms with E-state index in [1.807, 2.05) is 36.4 Å². The fraction of sp³-hybridized carbons (Fsp3) is 0.387. The SMILES string of the molecule is C=CC(=O)Nc1cc(Nc2ncc(Cl)c(Nc3ccccc3P(C)(C)=O)n2)c(OC)cc1N1CCN(N2CCN(C)CC2)CC1. The summed E-state index contributed by atoms with van der Waals surface area (Å²) in [4.78, 5) is 26.1. The van der Waals surface area contributed by atoms with Crippen molar-refractivity contribution < 1.29 is 14.1 Å². The highest BCUT2D eigenvalue weighted by Gasteiger charge is 2.27. The smallest absolute Gasteiger partial charge is 0.247 e. The monoisotopic (exact) mass is 653 g/mol. The van der Waals surface area contributed by atoms with Gasteiger partial charge in [0.1, 0.15) is 17.9 Å². The number of amides is 1. The normalized spacial score (nSPS) is 16.7. The van der Waals surface area contributed by atoms with Gasteiger partial charge in [0.15, 0.2) is 5.82 Å². The van der Waals surface area contributed by atoms with Gasteiger partial charge in [0.2, 0.25) is 11.9 Å². The summed E-state index contributed by atoms with van der Waals surface area (Å²) in [5.41, 5.74) is 2.67. The topological polar surface area (TPSA) is 118 Å². The Kier molecular flexibility index (Phi) is 10.3. The van der Waals surface area contributed by atoms with Crippen LogP contribution in [0.15, 0.2) is 55.3 Å². The number of rotatable bonds is 10. The molecule has 0 atom stereocenters. The second-order valence-electron chi connectivity index (χ2n) is 11.5. The first kappa shape index (κ1) is 32.7. The number of likely N-dealkylation sites (N-methyl/N-ethyl adjacent to an activating group) is 1. The third kappa shape index (κ3) is 7.95. The molecule has 5 rings (SSSR count). The number of hydrogen-bond donors (Lipinski definition) is 3. The van der Waals surface area contributed by atoms with Crippen LogP contribution in [0.25, 0.3) is 0 Å². The van der Waals surface area contributed by atoms with E-state index in [1.54, 1.807) is 20.4 Å². The number of ether oxygens (including phenoxy) is 1. The lowest BCUT2D eigenvalue weighted by atomic mass is 10.1. The number of nitrogens with zero attached hydrogens (tertiary/aromatic N) is 6. The molecule has 2 fully saturated rings. The molecule has 3 heterocycles. The molecule has 0 spiro atoms. The number of aromatic nitrogens is 2. The van der Waals surface area contributed by atoms with Crippen molar-refractivity contribution in [2.45, 2.75) is 0 Å². The van der Waals surface area contributed by atoms with Gasteiger partial charge in [-0.2, -0.15) is 4.98 Å². The predicted octanol–water partition coefficient (Wildman–Crippen LogP) is 4.28. The molecular formula is C31H41ClN9O3P. The lowest BCUT2D eigenvalue weighted by Crippen LogP contribution is -2.58. The third-order valence-corrected chi connectivity index (χ3v) is 9.79. The number of hydrogen-bond acceptors (Lipinski definition) is 11. The van der Waals surface area contributed by atoms with Gasteiger partial charge in [-0.1, -0.05) is 30.3 Å². The minimum absolute atomic E-state index is 0.253. The lowest BCUT2D eigenvalue weighted by molar-refractivity contribution is -0.111. The summed E-state index contributed by atoms with van der Waals surface area (Å²) in [5, 5.41) is 15.3. The predicted molar refractivity (Wildman–Crippen MR) is 184 cm³/mol. The molecule has 14 heteroatoms. The first-order valence-electron chi connectivity index (χ1n) is 14.9. The fourth-order valence-corrected chi connectivity index (χ4v) is 6.79. The zero-order valence-electron chi connectivity index (χ0n) is 26.2. The van der Waals surface area contributed by atoms with Crippen LogP contribution in [-0.4, -0.2) is 111 Å². The summed E-state index contributed by atoms with van der Waals surface area (Å²) in [7, 11) is 1.19. The lowest BCUT2D eigenvalue weighted by Gasteiger charge is -2.45. The first-order chi connectivity index (χ1) is 21.5. The van der Waals surface area contributed by atoms with E-state index in [-0.39, 0.29) is 11.9 Å². The molecule has 45 heavy (non-hydrogen) atoms. The molecule has 3 N–H and O–H groups in total. The van der Waals surface area contributed by atoms with E-state index < -0.39 is 7.14 Å². The summed E-state index contributed by atoms with van der Waals surface area (Å²) < 4.78 is 18.7. The van der Waals surface area contributed by atoms with Crippen molar-refractivity contribution in [1.29, 1.82) is 0 Å². The highest BCUT2D eigenvalue weighted by molar-refractivity contribution is 7.70. The van der Waals surface area contributed by atoms with Gasteiger partial charge in [-0.05, 0) is 44.7 Å². The van der Waals surface area contributed by atoms with Gasteiger partial charge < -0.3 is 35.1 Å². The Labute approximate surface area is 269 Å². The number of para-hydroxylation sites is 1. The molecule has 240 valence electrons. The number of hydrazine groups is 1. The van der Waals surface area contributed by atoms with E-state index in [1.165, 1.54) is 12.3 Å². The van der Waals surface area contributed by atoms with E-state index in [0.29, 0.717) is 39.0 Å². The van der Waals surface area contributed by atoms with Crippen molar-refractivity contribution in [3.8, 4) is 5.75 Å². The number of nitrogens with one attached hydrogen (secondary N) is 3. The molecule has 3 aromatic rings. The van der Waals surface area contributed by atoms with E-state index in [9.17, 15) is 9.36 Å². The van der Waals surface area contributed by atoms with Crippen LogP contribution < -0.4 is 30.9 Å². The number of halogens is 1. The van der Waals surface area contributed by atoms with Gasteiger partial charge in [0.05, 0.1) is 36.1 Å². The van der Waals surface area contributed by atoms with Crippen molar-refractivity contribution in [2.24, 2.45) is 0 Å². The van der Waals surface area contributed by atoms with Crippen molar-refractivity contribution in [2.75, 3.05) is 101 Å². The third-order valence-electron chi connectivity index (χ3n) is 7.97. The molecule has 0 saturated carbocycles. The molecule has 0 unspecified atom stereocenters. The Bertz CT molecular complexity index is 1580. The van der Waals surface area contributed by atoms with Crippen LogP contribution in [0.4, 0.5) is 34.5 Å². The van der Waals surface area contributed by atoms with Crippen molar-refractivity contribution in [3.05, 3.63) is 60.3 Å². The Balaban J connectivity index is 1.39. The fourth-order valence-electron chi connectivity index (χ4n) is 5.49. The highest BCUT2D eigenvalue weighted by atomic mass is 35.5. The number of piperazine rings is 2. The number of anilines is 6. The molecule has 2 aliphatic heterocycles. The quantitative estimate of drug-likeness (QED) is 0.215. The minimum Gasteiger partial charge on any atom is -0.494 e. The Hall–Kier alpha value is -3.67. The zero-order chi connectivity index (χ0) is 32.1. The summed E-state index contributed by atoms with van der Waals surface area (Å²) in [6.07, 6.45) is 2.73. The van der Waals surface area contributed by atoms with Crippen LogP contribution in [0.1, 0.15) is 0 Å². The number of methoxy groups -OCH3 is 1. The van der Waals surface area contributed by atoms with E-state index in [4.69, 9.17) is 16.3 Å². The molecule has 2 saturated heterocycles. The standard InChI is InChI=1S/C31H41ClN9O3P/c1-6-29(42)34-24-19-25(27(44-3)20-26(24)39-13-17-41(18-14-39)40-15-11-38(2)12-16-40)36-31-33-21-22(32)30(37-31)35-23-9-7-8-10-28(23)45(4,5)43/h6-10,19-21H,1,11-18H2,2-5H3,(H,34,42)(H2,33,35,36,37). The van der Waals surface area contributed by atoms with Crippen LogP contribution in [0, 0.1) is 0 Å². The van der Waals surface area contributed by atoms with Crippen LogP contribution in [0.3, 0.4) is 0 Å². The average molecular weight is 654 g/mol. The first-order valence-corrected chi connectivity index (χ1v) is 17.8. The molecular weight excluding hydrogens is 613 g/mol.